The van der Waals surface area contributed by atoms with Gasteiger partial charge in [0.1, 0.15) is 10.7 Å². The summed E-state index contributed by atoms with van der Waals surface area (Å²) >= 11 is 0. The second kappa shape index (κ2) is 6.45. The molecule has 0 radical (unpaired) electrons. The number of halogens is 3. The number of fused-ring (bicyclic) bond motifs is 1. The Hall–Kier alpha value is -2.20. The lowest BCUT2D eigenvalue weighted by Gasteiger charge is -2.24. The summed E-state index contributed by atoms with van der Waals surface area (Å²) in [5.74, 6) is 0.552. The molecule has 6 nitrogen and oxygen atoms in total. The zero-order valence-corrected chi connectivity index (χ0v) is 15.0. The van der Waals surface area contributed by atoms with Gasteiger partial charge in [-0.3, -0.25) is 4.98 Å². The third-order valence-corrected chi connectivity index (χ3v) is 7.04. The standard InChI is InChI=1S/C17H17F3N4O2S/c18-17(19,20)13-3-4-16(22-8-13)23-10-12-5-7-24(15(12)11-23)27(25,26)14-2-1-6-21-9-14/h1-4,6,8-9,12,15H,5,7,10-11H2. The van der Waals surface area contributed by atoms with E-state index >= 15 is 0 Å². The van der Waals surface area contributed by atoms with Crippen molar-refractivity contribution in [2.75, 3.05) is 24.5 Å². The van der Waals surface area contributed by atoms with Crippen LogP contribution in [0.4, 0.5) is 19.0 Å². The third-order valence-electron chi connectivity index (χ3n) is 5.14. The summed E-state index contributed by atoms with van der Waals surface area (Å²) in [6.45, 7) is 1.41. The van der Waals surface area contributed by atoms with Crippen molar-refractivity contribution < 1.29 is 21.6 Å². The van der Waals surface area contributed by atoms with Gasteiger partial charge in [0.05, 0.1) is 5.56 Å². The molecule has 27 heavy (non-hydrogen) atoms. The van der Waals surface area contributed by atoms with Crippen molar-refractivity contribution in [2.45, 2.75) is 23.5 Å². The van der Waals surface area contributed by atoms with Gasteiger partial charge >= 0.3 is 6.18 Å². The molecule has 0 saturated carbocycles. The van der Waals surface area contributed by atoms with Crippen LogP contribution in [0.3, 0.4) is 0 Å². The summed E-state index contributed by atoms with van der Waals surface area (Å²) in [7, 11) is -3.65. The van der Waals surface area contributed by atoms with Gasteiger partial charge in [-0.1, -0.05) is 0 Å². The highest BCUT2D eigenvalue weighted by atomic mass is 32.2. The molecule has 2 aliphatic heterocycles. The molecule has 0 aliphatic carbocycles. The van der Waals surface area contributed by atoms with Gasteiger partial charge in [-0.25, -0.2) is 13.4 Å². The second-order valence-corrected chi connectivity index (χ2v) is 8.62. The molecular weight excluding hydrogens is 381 g/mol. The SMILES string of the molecule is O=S(=O)(c1cccnc1)N1CCC2CN(c3ccc(C(F)(F)F)cn3)CC21. The first-order valence-corrected chi connectivity index (χ1v) is 9.91. The first-order valence-electron chi connectivity index (χ1n) is 8.47. The Kier molecular flexibility index (Phi) is 4.34. The first kappa shape index (κ1) is 18.2. The molecule has 0 bridgehead atoms. The number of alkyl halides is 3. The molecule has 2 aromatic heterocycles. The van der Waals surface area contributed by atoms with Crippen LogP contribution in [-0.2, 0) is 16.2 Å². The maximum absolute atomic E-state index is 12.9. The van der Waals surface area contributed by atoms with Gasteiger partial charge in [-0.15, -0.1) is 0 Å². The van der Waals surface area contributed by atoms with Gasteiger partial charge in [0.15, 0.2) is 0 Å². The molecule has 0 amide bonds. The Morgan fingerprint density at radius 2 is 1.93 bits per heavy atom. The number of hydrogen-bond acceptors (Lipinski definition) is 5. The number of nitrogens with zero attached hydrogens (tertiary/aromatic N) is 4. The van der Waals surface area contributed by atoms with Gasteiger partial charge < -0.3 is 4.90 Å². The molecule has 2 aromatic rings. The number of anilines is 1. The van der Waals surface area contributed by atoms with Crippen LogP contribution in [0.2, 0.25) is 0 Å². The average Bonchev–Trinajstić information content (AvgIpc) is 3.22. The summed E-state index contributed by atoms with van der Waals surface area (Å²) in [6.07, 6.45) is -0.0668. The number of aromatic nitrogens is 2. The second-order valence-electron chi connectivity index (χ2n) is 6.73. The van der Waals surface area contributed by atoms with Gasteiger partial charge in [0.25, 0.3) is 0 Å². The average molecular weight is 398 g/mol. The summed E-state index contributed by atoms with van der Waals surface area (Å²) in [6, 6.07) is 5.21. The van der Waals surface area contributed by atoms with Crippen molar-refractivity contribution in [1.82, 2.24) is 14.3 Å². The molecule has 10 heteroatoms. The molecule has 2 aliphatic rings. The first-order chi connectivity index (χ1) is 12.8. The van der Waals surface area contributed by atoms with E-state index in [1.807, 2.05) is 4.90 Å². The highest BCUT2D eigenvalue weighted by molar-refractivity contribution is 7.89. The summed E-state index contributed by atoms with van der Waals surface area (Å²) in [5.41, 5.74) is -0.800. The Balaban J connectivity index is 1.54. The van der Waals surface area contributed by atoms with E-state index in [0.717, 1.165) is 12.3 Å². The molecular formula is C17H17F3N4O2S. The molecule has 2 saturated heterocycles. The summed E-state index contributed by atoms with van der Waals surface area (Å²) in [5, 5.41) is 0. The highest BCUT2D eigenvalue weighted by Gasteiger charge is 2.47. The normalized spacial score (nSPS) is 23.6. The van der Waals surface area contributed by atoms with Crippen molar-refractivity contribution in [3.05, 3.63) is 48.4 Å². The van der Waals surface area contributed by atoms with E-state index in [1.165, 1.54) is 28.8 Å². The quantitative estimate of drug-likeness (QED) is 0.794. The van der Waals surface area contributed by atoms with Crippen LogP contribution in [0.25, 0.3) is 0 Å². The maximum atomic E-state index is 12.9. The maximum Gasteiger partial charge on any atom is 0.417 e. The van der Waals surface area contributed by atoms with Crippen molar-refractivity contribution in [1.29, 1.82) is 0 Å². The van der Waals surface area contributed by atoms with Crippen LogP contribution >= 0.6 is 0 Å². The lowest BCUT2D eigenvalue weighted by Crippen LogP contribution is -2.39. The fourth-order valence-electron chi connectivity index (χ4n) is 3.78. The molecule has 0 N–H and O–H groups in total. The topological polar surface area (TPSA) is 66.4 Å². The van der Waals surface area contributed by atoms with E-state index in [0.29, 0.717) is 31.9 Å². The Morgan fingerprint density at radius 3 is 2.56 bits per heavy atom. The molecule has 4 rings (SSSR count). The van der Waals surface area contributed by atoms with Crippen molar-refractivity contribution in [3.63, 3.8) is 0 Å². The predicted molar refractivity (Wildman–Crippen MR) is 91.5 cm³/mol. The Bertz CT molecular complexity index is 919. The van der Waals surface area contributed by atoms with Gasteiger partial charge in [0.2, 0.25) is 10.0 Å². The van der Waals surface area contributed by atoms with Crippen LogP contribution in [0.1, 0.15) is 12.0 Å². The number of hydrogen-bond donors (Lipinski definition) is 0. The number of pyridine rings is 2. The molecule has 0 spiro atoms. The third kappa shape index (κ3) is 3.27. The zero-order chi connectivity index (χ0) is 19.2. The predicted octanol–water partition coefficient (Wildman–Crippen LogP) is 2.39. The van der Waals surface area contributed by atoms with Crippen LogP contribution in [0, 0.1) is 5.92 Å². The molecule has 0 aromatic carbocycles. The van der Waals surface area contributed by atoms with E-state index < -0.39 is 21.8 Å². The highest BCUT2D eigenvalue weighted by Crippen LogP contribution is 2.37. The van der Waals surface area contributed by atoms with E-state index in [4.69, 9.17) is 0 Å². The van der Waals surface area contributed by atoms with Gasteiger partial charge in [-0.2, -0.15) is 17.5 Å². The summed E-state index contributed by atoms with van der Waals surface area (Å²) < 4.78 is 65.4. The Morgan fingerprint density at radius 1 is 1.11 bits per heavy atom. The van der Waals surface area contributed by atoms with E-state index in [1.54, 1.807) is 6.07 Å². The van der Waals surface area contributed by atoms with Crippen LogP contribution < -0.4 is 4.90 Å². The minimum Gasteiger partial charge on any atom is -0.355 e. The van der Waals surface area contributed by atoms with Crippen LogP contribution in [0.5, 0.6) is 0 Å². The van der Waals surface area contributed by atoms with E-state index in [9.17, 15) is 21.6 Å². The monoisotopic (exact) mass is 398 g/mol. The Labute approximate surface area is 154 Å². The summed E-state index contributed by atoms with van der Waals surface area (Å²) in [4.78, 5) is 9.81. The molecule has 4 heterocycles. The lowest BCUT2D eigenvalue weighted by atomic mass is 10.1. The fraction of sp³-hybridized carbons (Fsp3) is 0.412. The fourth-order valence-corrected chi connectivity index (χ4v) is 5.44. The van der Waals surface area contributed by atoms with Gasteiger partial charge in [0, 0.05) is 44.3 Å². The molecule has 2 unspecified atom stereocenters. The van der Waals surface area contributed by atoms with E-state index in [-0.39, 0.29) is 16.9 Å². The molecule has 2 fully saturated rings. The van der Waals surface area contributed by atoms with Gasteiger partial charge in [-0.05, 0) is 36.6 Å². The molecule has 2 atom stereocenters. The minimum atomic E-state index is -4.43. The van der Waals surface area contributed by atoms with Crippen LogP contribution in [0.15, 0.2) is 47.8 Å². The van der Waals surface area contributed by atoms with Crippen molar-refractivity contribution >= 4 is 15.8 Å². The molecule has 144 valence electrons. The van der Waals surface area contributed by atoms with Crippen molar-refractivity contribution in [3.8, 4) is 0 Å². The zero-order valence-electron chi connectivity index (χ0n) is 14.2. The van der Waals surface area contributed by atoms with E-state index in [2.05, 4.69) is 9.97 Å². The number of rotatable bonds is 3. The lowest BCUT2D eigenvalue weighted by molar-refractivity contribution is -0.137. The number of sulfonamides is 1. The largest absolute Gasteiger partial charge is 0.417 e. The van der Waals surface area contributed by atoms with Crippen LogP contribution in [-0.4, -0.2) is 48.4 Å². The van der Waals surface area contributed by atoms with Crippen molar-refractivity contribution in [2.24, 2.45) is 5.92 Å². The smallest absolute Gasteiger partial charge is 0.355 e. The minimum absolute atomic E-state index is 0.125.